The molecule has 4 nitrogen and oxygen atoms in total. The summed E-state index contributed by atoms with van der Waals surface area (Å²) in [6.45, 7) is 3.80. The summed E-state index contributed by atoms with van der Waals surface area (Å²) in [6.07, 6.45) is 2.95. The van der Waals surface area contributed by atoms with Crippen LogP contribution in [0.3, 0.4) is 0 Å². The standard InChI is InChI=1S/C14H14NO3/c1-2-14(16)17-10-11-18-15-9-5-7-12-6-3-4-8-13(12)15/h2-9H,1,10-11H2/q+1. The minimum atomic E-state index is -0.443. The van der Waals surface area contributed by atoms with Gasteiger partial charge in [-0.15, -0.1) is 0 Å². The second-order valence-electron chi connectivity index (χ2n) is 3.60. The number of hydrogen-bond acceptors (Lipinski definition) is 3. The number of fused-ring (bicyclic) bond motifs is 1. The van der Waals surface area contributed by atoms with Crippen molar-refractivity contribution in [3.63, 3.8) is 0 Å². The van der Waals surface area contributed by atoms with Gasteiger partial charge in [-0.3, -0.25) is 4.84 Å². The molecule has 4 heteroatoms. The first-order valence-electron chi connectivity index (χ1n) is 5.63. The second-order valence-corrected chi connectivity index (χ2v) is 3.60. The summed E-state index contributed by atoms with van der Waals surface area (Å²) in [5, 5.41) is 1.09. The van der Waals surface area contributed by atoms with Crippen molar-refractivity contribution in [1.82, 2.24) is 0 Å². The fourth-order valence-electron chi connectivity index (χ4n) is 1.58. The van der Waals surface area contributed by atoms with Gasteiger partial charge in [0.05, 0.1) is 5.39 Å². The SMILES string of the molecule is C=CC(=O)OCCO[n+]1cccc2ccccc21. The van der Waals surface area contributed by atoms with Gasteiger partial charge in [0, 0.05) is 22.9 Å². The van der Waals surface area contributed by atoms with Crippen molar-refractivity contribution in [3.05, 3.63) is 55.3 Å². The Morgan fingerprint density at radius 3 is 2.83 bits per heavy atom. The van der Waals surface area contributed by atoms with E-state index < -0.39 is 5.97 Å². The Labute approximate surface area is 105 Å². The van der Waals surface area contributed by atoms with E-state index in [2.05, 4.69) is 6.58 Å². The molecule has 0 amide bonds. The fraction of sp³-hybridized carbons (Fsp3) is 0.143. The Morgan fingerprint density at radius 2 is 2.00 bits per heavy atom. The van der Waals surface area contributed by atoms with Crippen molar-refractivity contribution in [2.45, 2.75) is 0 Å². The smallest absolute Gasteiger partial charge is 0.330 e. The summed E-state index contributed by atoms with van der Waals surface area (Å²) in [5.41, 5.74) is 0.968. The number of aromatic nitrogens is 1. The van der Waals surface area contributed by atoms with E-state index in [9.17, 15) is 4.79 Å². The van der Waals surface area contributed by atoms with Crippen LogP contribution >= 0.6 is 0 Å². The third kappa shape index (κ3) is 2.85. The molecule has 0 N–H and O–H groups in total. The molecule has 0 bridgehead atoms. The normalized spacial score (nSPS) is 10.0. The van der Waals surface area contributed by atoms with Crippen LogP contribution in [0.1, 0.15) is 0 Å². The van der Waals surface area contributed by atoms with Gasteiger partial charge in [0.25, 0.3) is 5.52 Å². The summed E-state index contributed by atoms with van der Waals surface area (Å²) in [6, 6.07) is 11.8. The molecule has 0 radical (unpaired) electrons. The van der Waals surface area contributed by atoms with Crippen molar-refractivity contribution < 1.29 is 19.1 Å². The minimum absolute atomic E-state index is 0.196. The number of ether oxygens (including phenoxy) is 1. The zero-order chi connectivity index (χ0) is 12.8. The number of rotatable bonds is 5. The first kappa shape index (κ1) is 12.1. The van der Waals surface area contributed by atoms with Crippen molar-refractivity contribution in [3.8, 4) is 0 Å². The predicted octanol–water partition coefficient (Wildman–Crippen LogP) is 1.29. The van der Waals surface area contributed by atoms with E-state index in [0.717, 1.165) is 17.0 Å². The Kier molecular flexibility index (Phi) is 3.91. The van der Waals surface area contributed by atoms with Gasteiger partial charge in [0.1, 0.15) is 6.61 Å². The molecule has 0 aliphatic carbocycles. The van der Waals surface area contributed by atoms with Gasteiger partial charge < -0.3 is 4.74 Å². The van der Waals surface area contributed by atoms with Crippen LogP contribution in [0, 0.1) is 0 Å². The minimum Gasteiger partial charge on any atom is -0.459 e. The zero-order valence-electron chi connectivity index (χ0n) is 9.91. The maximum atomic E-state index is 10.8. The Bertz CT molecular complexity index is 560. The number of carbonyl (C=O) groups excluding carboxylic acids is 1. The first-order valence-corrected chi connectivity index (χ1v) is 5.63. The molecule has 1 aromatic carbocycles. The molecule has 0 atom stereocenters. The summed E-state index contributed by atoms with van der Waals surface area (Å²) in [5.74, 6) is -0.443. The van der Waals surface area contributed by atoms with Crippen LogP contribution < -0.4 is 9.57 Å². The van der Waals surface area contributed by atoms with Crippen molar-refractivity contribution in [1.29, 1.82) is 0 Å². The molecule has 0 unspecified atom stereocenters. The van der Waals surface area contributed by atoms with E-state index >= 15 is 0 Å². The number of pyridine rings is 1. The lowest BCUT2D eigenvalue weighted by Crippen LogP contribution is -2.44. The average Bonchev–Trinajstić information content (AvgIpc) is 2.43. The van der Waals surface area contributed by atoms with Gasteiger partial charge in [-0.2, -0.15) is 0 Å². The number of hydrogen-bond donors (Lipinski definition) is 0. The number of para-hydroxylation sites is 1. The van der Waals surface area contributed by atoms with Gasteiger partial charge >= 0.3 is 5.97 Å². The van der Waals surface area contributed by atoms with E-state index in [1.807, 2.05) is 42.6 Å². The predicted molar refractivity (Wildman–Crippen MR) is 66.7 cm³/mol. The third-order valence-corrected chi connectivity index (χ3v) is 2.40. The molecule has 1 heterocycles. The molecule has 2 aromatic rings. The van der Waals surface area contributed by atoms with E-state index in [1.165, 1.54) is 0 Å². The van der Waals surface area contributed by atoms with Gasteiger partial charge in [-0.1, -0.05) is 18.7 Å². The highest BCUT2D eigenvalue weighted by Gasteiger charge is 2.08. The molecule has 0 aliphatic heterocycles. The first-order chi connectivity index (χ1) is 8.81. The third-order valence-electron chi connectivity index (χ3n) is 2.40. The molecule has 1 aromatic heterocycles. The highest BCUT2D eigenvalue weighted by atomic mass is 16.7. The van der Waals surface area contributed by atoms with E-state index in [0.29, 0.717) is 0 Å². The highest BCUT2D eigenvalue weighted by Crippen LogP contribution is 2.06. The Balaban J connectivity index is 1.99. The van der Waals surface area contributed by atoms with E-state index in [-0.39, 0.29) is 13.2 Å². The van der Waals surface area contributed by atoms with Crippen LogP contribution in [0.4, 0.5) is 0 Å². The van der Waals surface area contributed by atoms with Crippen LogP contribution in [-0.4, -0.2) is 19.2 Å². The molecule has 0 spiro atoms. The highest BCUT2D eigenvalue weighted by molar-refractivity contribution is 5.81. The molecule has 0 aliphatic rings. The van der Waals surface area contributed by atoms with Crippen LogP contribution in [0.5, 0.6) is 0 Å². The number of benzene rings is 1. The molecule has 0 fully saturated rings. The largest absolute Gasteiger partial charge is 0.459 e. The average molecular weight is 244 g/mol. The van der Waals surface area contributed by atoms with Gasteiger partial charge in [0.2, 0.25) is 6.20 Å². The van der Waals surface area contributed by atoms with Crippen molar-refractivity contribution >= 4 is 16.9 Å². The summed E-state index contributed by atoms with van der Waals surface area (Å²) < 4.78 is 6.49. The van der Waals surface area contributed by atoms with Crippen LogP contribution in [0.25, 0.3) is 10.9 Å². The molecule has 0 saturated carbocycles. The molecular formula is C14H14NO3+. The fourth-order valence-corrected chi connectivity index (χ4v) is 1.58. The lowest BCUT2D eigenvalue weighted by atomic mass is 10.2. The number of esters is 1. The topological polar surface area (TPSA) is 39.4 Å². The van der Waals surface area contributed by atoms with Crippen molar-refractivity contribution in [2.75, 3.05) is 13.2 Å². The number of nitrogens with zero attached hydrogens (tertiary/aromatic N) is 1. The summed E-state index contributed by atoms with van der Waals surface area (Å²) in [7, 11) is 0. The van der Waals surface area contributed by atoms with E-state index in [4.69, 9.17) is 9.57 Å². The lowest BCUT2D eigenvalue weighted by Gasteiger charge is -2.02. The molecule has 2 rings (SSSR count). The Hall–Kier alpha value is -2.36. The summed E-state index contributed by atoms with van der Waals surface area (Å²) in [4.78, 5) is 16.4. The van der Waals surface area contributed by atoms with E-state index in [1.54, 1.807) is 4.73 Å². The van der Waals surface area contributed by atoms with Crippen LogP contribution in [0.15, 0.2) is 55.3 Å². The van der Waals surface area contributed by atoms with Crippen molar-refractivity contribution in [2.24, 2.45) is 0 Å². The monoisotopic (exact) mass is 244 g/mol. The molecule has 0 saturated heterocycles. The quantitative estimate of drug-likeness (QED) is 0.344. The maximum Gasteiger partial charge on any atom is 0.330 e. The second kappa shape index (κ2) is 5.82. The van der Waals surface area contributed by atoms with Crippen LogP contribution in [0.2, 0.25) is 0 Å². The van der Waals surface area contributed by atoms with Gasteiger partial charge in [-0.05, 0) is 12.1 Å². The molecule has 92 valence electrons. The lowest BCUT2D eigenvalue weighted by molar-refractivity contribution is -0.871. The Morgan fingerprint density at radius 1 is 1.22 bits per heavy atom. The molecular weight excluding hydrogens is 230 g/mol. The number of carbonyl (C=O) groups is 1. The van der Waals surface area contributed by atoms with Gasteiger partial charge in [-0.25, -0.2) is 4.79 Å². The molecule has 18 heavy (non-hydrogen) atoms. The van der Waals surface area contributed by atoms with Crippen LogP contribution in [-0.2, 0) is 9.53 Å². The zero-order valence-corrected chi connectivity index (χ0v) is 9.91. The van der Waals surface area contributed by atoms with Gasteiger partial charge in [0.15, 0.2) is 6.61 Å². The summed E-state index contributed by atoms with van der Waals surface area (Å²) >= 11 is 0. The maximum absolute atomic E-state index is 10.8.